The fourth-order valence-corrected chi connectivity index (χ4v) is 1.46. The maximum absolute atomic E-state index is 11.5. The summed E-state index contributed by atoms with van der Waals surface area (Å²) in [5.41, 5.74) is 6.38. The van der Waals surface area contributed by atoms with Gasteiger partial charge in [-0.15, -0.1) is 12.4 Å². The molecular weight excluding hydrogens is 326 g/mol. The lowest BCUT2D eigenvalue weighted by atomic mass is 10.2. The largest absolute Gasteiger partial charge is 0.320 e. The predicted octanol–water partition coefficient (Wildman–Crippen LogP) is 2.02. The van der Waals surface area contributed by atoms with Gasteiger partial charge >= 0.3 is 0 Å². The molecule has 0 aliphatic carbocycles. The molecule has 1 amide bonds. The number of carbonyl (C=O) groups is 1. The zero-order valence-electron chi connectivity index (χ0n) is 8.61. The van der Waals surface area contributed by atoms with Crippen molar-refractivity contribution in [2.24, 2.45) is 5.73 Å². The number of carbonyl (C=O) groups excluding carboxylic acids is 1. The molecule has 1 rings (SSSR count). The number of hydrogen-bond acceptors (Lipinski definition) is 2. The first kappa shape index (κ1) is 14.7. The number of nitrogens with zero attached hydrogens (tertiary/aromatic N) is 1. The highest BCUT2D eigenvalue weighted by molar-refractivity contribution is 14.1. The van der Waals surface area contributed by atoms with Crippen LogP contribution in [0.5, 0.6) is 0 Å². The van der Waals surface area contributed by atoms with Gasteiger partial charge in [0, 0.05) is 16.3 Å². The molecule has 1 aromatic carbocycles. The maximum Gasteiger partial charge on any atom is 0.243 e. The van der Waals surface area contributed by atoms with Crippen molar-refractivity contribution >= 4 is 46.6 Å². The van der Waals surface area contributed by atoms with Crippen molar-refractivity contribution in [3.63, 3.8) is 0 Å². The van der Waals surface area contributed by atoms with Gasteiger partial charge in [-0.05, 0) is 53.8 Å². The summed E-state index contributed by atoms with van der Waals surface area (Å²) in [4.78, 5) is 13.1. The fourth-order valence-electron chi connectivity index (χ4n) is 1.10. The third-order valence-electron chi connectivity index (χ3n) is 1.93. The molecule has 1 unspecified atom stereocenters. The van der Waals surface area contributed by atoms with Gasteiger partial charge in [0.25, 0.3) is 0 Å². The van der Waals surface area contributed by atoms with Crippen LogP contribution in [-0.2, 0) is 4.79 Å². The Bertz CT molecular complexity index is 327. The minimum Gasteiger partial charge on any atom is -0.320 e. The zero-order chi connectivity index (χ0) is 10.7. The summed E-state index contributed by atoms with van der Waals surface area (Å²) in [6.07, 6.45) is 0. The Hall–Kier alpha value is -0.330. The smallest absolute Gasteiger partial charge is 0.243 e. The summed E-state index contributed by atoms with van der Waals surface area (Å²) >= 11 is 2.22. The Labute approximate surface area is 110 Å². The van der Waals surface area contributed by atoms with Crippen LogP contribution in [0.3, 0.4) is 0 Å². The lowest BCUT2D eigenvalue weighted by Crippen LogP contribution is -2.39. The lowest BCUT2D eigenvalue weighted by Gasteiger charge is -2.19. The van der Waals surface area contributed by atoms with Crippen molar-refractivity contribution in [2.45, 2.75) is 13.0 Å². The first-order valence-corrected chi connectivity index (χ1v) is 5.39. The van der Waals surface area contributed by atoms with Gasteiger partial charge in [-0.25, -0.2) is 0 Å². The lowest BCUT2D eigenvalue weighted by molar-refractivity contribution is -0.119. The summed E-state index contributed by atoms with van der Waals surface area (Å²) in [5, 5.41) is 0. The molecule has 0 fully saturated rings. The fraction of sp³-hybridized carbons (Fsp3) is 0.300. The van der Waals surface area contributed by atoms with Crippen molar-refractivity contribution in [3.05, 3.63) is 27.8 Å². The van der Waals surface area contributed by atoms with E-state index in [9.17, 15) is 4.79 Å². The van der Waals surface area contributed by atoms with Gasteiger partial charge in [0.1, 0.15) is 0 Å². The van der Waals surface area contributed by atoms with Crippen LogP contribution < -0.4 is 10.6 Å². The highest BCUT2D eigenvalue weighted by atomic mass is 127. The van der Waals surface area contributed by atoms with Crippen molar-refractivity contribution in [1.29, 1.82) is 0 Å². The van der Waals surface area contributed by atoms with E-state index in [0.29, 0.717) is 0 Å². The molecule has 15 heavy (non-hydrogen) atoms. The number of benzene rings is 1. The molecule has 5 heteroatoms. The topological polar surface area (TPSA) is 46.3 Å². The SMILES string of the molecule is CC(N)C(=O)N(C)c1ccc(I)cc1.Cl. The molecule has 0 aliphatic heterocycles. The zero-order valence-corrected chi connectivity index (χ0v) is 11.6. The van der Waals surface area contributed by atoms with Gasteiger partial charge in [-0.2, -0.15) is 0 Å². The minimum atomic E-state index is -0.459. The summed E-state index contributed by atoms with van der Waals surface area (Å²) in [7, 11) is 1.73. The Kier molecular flexibility index (Phi) is 6.16. The van der Waals surface area contributed by atoms with E-state index in [1.807, 2.05) is 24.3 Å². The van der Waals surface area contributed by atoms with Gasteiger partial charge in [-0.1, -0.05) is 0 Å². The predicted molar refractivity (Wildman–Crippen MR) is 73.5 cm³/mol. The van der Waals surface area contributed by atoms with Crippen LogP contribution in [0.2, 0.25) is 0 Å². The van der Waals surface area contributed by atoms with E-state index in [1.54, 1.807) is 18.9 Å². The third-order valence-corrected chi connectivity index (χ3v) is 2.65. The van der Waals surface area contributed by atoms with Gasteiger partial charge in [0.05, 0.1) is 6.04 Å². The average molecular weight is 341 g/mol. The highest BCUT2D eigenvalue weighted by Gasteiger charge is 2.14. The second-order valence-electron chi connectivity index (χ2n) is 3.16. The summed E-state index contributed by atoms with van der Waals surface area (Å²) < 4.78 is 1.15. The second-order valence-corrected chi connectivity index (χ2v) is 4.41. The quantitative estimate of drug-likeness (QED) is 0.837. The van der Waals surface area contributed by atoms with Crippen molar-refractivity contribution in [2.75, 3.05) is 11.9 Å². The number of halogens is 2. The maximum atomic E-state index is 11.5. The molecule has 2 N–H and O–H groups in total. The molecule has 0 saturated heterocycles. The second kappa shape index (κ2) is 6.30. The number of rotatable bonds is 2. The van der Waals surface area contributed by atoms with E-state index in [1.165, 1.54) is 0 Å². The van der Waals surface area contributed by atoms with E-state index in [-0.39, 0.29) is 18.3 Å². The summed E-state index contributed by atoms with van der Waals surface area (Å²) in [6.45, 7) is 1.69. The normalized spacial score (nSPS) is 11.5. The van der Waals surface area contributed by atoms with Gasteiger partial charge in [0.15, 0.2) is 0 Å². The monoisotopic (exact) mass is 340 g/mol. The molecule has 0 spiro atoms. The number of amides is 1. The van der Waals surface area contributed by atoms with Crippen molar-refractivity contribution in [1.82, 2.24) is 0 Å². The Balaban J connectivity index is 0.00000196. The van der Waals surface area contributed by atoms with Crippen molar-refractivity contribution < 1.29 is 4.79 Å². The van der Waals surface area contributed by atoms with Gasteiger partial charge in [-0.3, -0.25) is 4.79 Å². The molecule has 0 saturated carbocycles. The summed E-state index contributed by atoms with van der Waals surface area (Å²) in [5.74, 6) is -0.0776. The first-order valence-electron chi connectivity index (χ1n) is 4.31. The van der Waals surface area contributed by atoms with Crippen LogP contribution in [0.1, 0.15) is 6.92 Å². The van der Waals surface area contributed by atoms with E-state index < -0.39 is 6.04 Å². The first-order chi connectivity index (χ1) is 6.52. The van der Waals surface area contributed by atoms with Crippen molar-refractivity contribution in [3.8, 4) is 0 Å². The average Bonchev–Trinajstić information content (AvgIpc) is 2.16. The van der Waals surface area contributed by atoms with Crippen LogP contribution >= 0.6 is 35.0 Å². The molecule has 0 aromatic heterocycles. The minimum absolute atomic E-state index is 0. The molecular formula is C10H14ClIN2O. The number of anilines is 1. The molecule has 3 nitrogen and oxygen atoms in total. The Morgan fingerprint density at radius 3 is 2.27 bits per heavy atom. The molecule has 0 radical (unpaired) electrons. The molecule has 1 aromatic rings. The molecule has 0 aliphatic rings. The van der Waals surface area contributed by atoms with E-state index in [4.69, 9.17) is 5.73 Å². The molecule has 84 valence electrons. The standard InChI is InChI=1S/C10H13IN2O.ClH/c1-7(12)10(14)13(2)9-5-3-8(11)4-6-9;/h3-7H,12H2,1-2H3;1H. The number of nitrogens with two attached hydrogens (primary N) is 1. The van der Waals surface area contributed by atoms with Crippen LogP contribution in [0, 0.1) is 3.57 Å². The molecule has 1 atom stereocenters. The highest BCUT2D eigenvalue weighted by Crippen LogP contribution is 2.15. The Morgan fingerprint density at radius 2 is 1.87 bits per heavy atom. The number of hydrogen-bond donors (Lipinski definition) is 1. The van der Waals surface area contributed by atoms with Crippen LogP contribution in [0.15, 0.2) is 24.3 Å². The van der Waals surface area contributed by atoms with Crippen LogP contribution in [0.25, 0.3) is 0 Å². The van der Waals surface area contributed by atoms with Gasteiger partial charge < -0.3 is 10.6 Å². The van der Waals surface area contributed by atoms with E-state index in [0.717, 1.165) is 9.26 Å². The van der Waals surface area contributed by atoms with Crippen LogP contribution in [0.4, 0.5) is 5.69 Å². The molecule has 0 bridgehead atoms. The van der Waals surface area contributed by atoms with Gasteiger partial charge in [0.2, 0.25) is 5.91 Å². The number of likely N-dealkylation sites (N-methyl/N-ethyl adjacent to an activating group) is 1. The van der Waals surface area contributed by atoms with E-state index >= 15 is 0 Å². The summed E-state index contributed by atoms with van der Waals surface area (Å²) in [6, 6.07) is 7.27. The molecule has 0 heterocycles. The third kappa shape index (κ3) is 3.96. The van der Waals surface area contributed by atoms with E-state index in [2.05, 4.69) is 22.6 Å². The van der Waals surface area contributed by atoms with Crippen LogP contribution in [-0.4, -0.2) is 19.0 Å². The Morgan fingerprint density at radius 1 is 1.40 bits per heavy atom.